The molecule has 1 amide bonds. The van der Waals surface area contributed by atoms with Crippen LogP contribution in [0.2, 0.25) is 0 Å². The number of amides is 1. The summed E-state index contributed by atoms with van der Waals surface area (Å²) in [5.41, 5.74) is 4.11. The number of nitrogens with zero attached hydrogens (tertiary/aromatic N) is 3. The second kappa shape index (κ2) is 6.96. The molecule has 2 aromatic heterocycles. The SMILES string of the molecule is Cc1cc(C(=O)Nc2cccc(-c3nc4ccccc4s3)c2)n(C(C)C)n1. The monoisotopic (exact) mass is 376 g/mol. The van der Waals surface area contributed by atoms with Crippen LogP contribution in [0.1, 0.15) is 36.1 Å². The number of fused-ring (bicyclic) bond motifs is 1. The van der Waals surface area contributed by atoms with Crippen molar-refractivity contribution >= 4 is 33.1 Å². The average molecular weight is 376 g/mol. The van der Waals surface area contributed by atoms with E-state index >= 15 is 0 Å². The molecule has 0 radical (unpaired) electrons. The summed E-state index contributed by atoms with van der Waals surface area (Å²) in [6.45, 7) is 5.91. The number of aryl methyl sites for hydroxylation is 1. The molecule has 0 atom stereocenters. The van der Waals surface area contributed by atoms with E-state index in [1.54, 1.807) is 16.0 Å². The van der Waals surface area contributed by atoms with Crippen LogP contribution in [-0.2, 0) is 0 Å². The van der Waals surface area contributed by atoms with Crippen LogP contribution in [0.15, 0.2) is 54.6 Å². The molecule has 6 heteroatoms. The first-order valence-electron chi connectivity index (χ1n) is 8.85. The highest BCUT2D eigenvalue weighted by atomic mass is 32.1. The van der Waals surface area contributed by atoms with Crippen molar-refractivity contribution in [1.29, 1.82) is 0 Å². The molecule has 1 N–H and O–H groups in total. The Labute approximate surface area is 161 Å². The quantitative estimate of drug-likeness (QED) is 0.526. The number of nitrogens with one attached hydrogen (secondary N) is 1. The lowest BCUT2D eigenvalue weighted by atomic mass is 10.2. The molecule has 2 aromatic carbocycles. The summed E-state index contributed by atoms with van der Waals surface area (Å²) >= 11 is 1.65. The number of para-hydroxylation sites is 1. The molecule has 0 spiro atoms. The molecular formula is C21H20N4OS. The van der Waals surface area contributed by atoms with E-state index < -0.39 is 0 Å². The van der Waals surface area contributed by atoms with Crippen molar-refractivity contribution in [2.45, 2.75) is 26.8 Å². The van der Waals surface area contributed by atoms with Crippen LogP contribution in [0.25, 0.3) is 20.8 Å². The summed E-state index contributed by atoms with van der Waals surface area (Å²) in [6, 6.07) is 17.8. The second-order valence-corrected chi connectivity index (χ2v) is 7.76. The normalized spacial score (nSPS) is 11.3. The summed E-state index contributed by atoms with van der Waals surface area (Å²) in [4.78, 5) is 17.5. The molecule has 0 fully saturated rings. The van der Waals surface area contributed by atoms with Crippen molar-refractivity contribution in [3.05, 3.63) is 66.0 Å². The van der Waals surface area contributed by atoms with E-state index in [-0.39, 0.29) is 11.9 Å². The number of rotatable bonds is 4. The first-order valence-corrected chi connectivity index (χ1v) is 9.66. The highest BCUT2D eigenvalue weighted by molar-refractivity contribution is 7.21. The van der Waals surface area contributed by atoms with E-state index in [9.17, 15) is 4.79 Å². The summed E-state index contributed by atoms with van der Waals surface area (Å²) in [6.07, 6.45) is 0. The Balaban J connectivity index is 1.62. The van der Waals surface area contributed by atoms with E-state index in [1.807, 2.05) is 69.3 Å². The molecule has 5 nitrogen and oxygen atoms in total. The van der Waals surface area contributed by atoms with E-state index in [2.05, 4.69) is 16.5 Å². The van der Waals surface area contributed by atoms with Crippen LogP contribution in [0.5, 0.6) is 0 Å². The first-order chi connectivity index (χ1) is 13.0. The number of aromatic nitrogens is 3. The van der Waals surface area contributed by atoms with Crippen molar-refractivity contribution < 1.29 is 4.79 Å². The lowest BCUT2D eigenvalue weighted by Crippen LogP contribution is -2.19. The predicted octanol–water partition coefficient (Wildman–Crippen LogP) is 5.30. The Morgan fingerprint density at radius 1 is 1.11 bits per heavy atom. The molecule has 2 heterocycles. The van der Waals surface area contributed by atoms with E-state index in [0.29, 0.717) is 5.69 Å². The molecule has 0 aliphatic carbocycles. The summed E-state index contributed by atoms with van der Waals surface area (Å²) < 4.78 is 2.90. The van der Waals surface area contributed by atoms with Gasteiger partial charge in [-0.2, -0.15) is 5.10 Å². The Morgan fingerprint density at radius 2 is 1.93 bits per heavy atom. The maximum atomic E-state index is 12.8. The number of anilines is 1. The van der Waals surface area contributed by atoms with Gasteiger partial charge in [0.1, 0.15) is 10.7 Å². The fourth-order valence-electron chi connectivity index (χ4n) is 3.00. The molecule has 27 heavy (non-hydrogen) atoms. The van der Waals surface area contributed by atoms with Gasteiger partial charge in [0.2, 0.25) is 0 Å². The van der Waals surface area contributed by atoms with E-state index in [1.165, 1.54) is 0 Å². The van der Waals surface area contributed by atoms with Crippen LogP contribution >= 0.6 is 11.3 Å². The molecule has 136 valence electrons. The largest absolute Gasteiger partial charge is 0.321 e. The van der Waals surface area contributed by atoms with E-state index in [0.717, 1.165) is 32.2 Å². The summed E-state index contributed by atoms with van der Waals surface area (Å²) in [5.74, 6) is -0.161. The lowest BCUT2D eigenvalue weighted by Gasteiger charge is -2.11. The van der Waals surface area contributed by atoms with Crippen LogP contribution in [0, 0.1) is 6.92 Å². The Hall–Kier alpha value is -2.99. The number of carbonyl (C=O) groups is 1. The minimum atomic E-state index is -0.161. The van der Waals surface area contributed by atoms with Gasteiger partial charge in [-0.15, -0.1) is 11.3 Å². The van der Waals surface area contributed by atoms with Crippen molar-refractivity contribution in [2.75, 3.05) is 5.32 Å². The van der Waals surface area contributed by atoms with Crippen molar-refractivity contribution in [3.8, 4) is 10.6 Å². The molecule has 0 unspecified atom stereocenters. The molecule has 4 aromatic rings. The predicted molar refractivity (Wildman–Crippen MR) is 110 cm³/mol. The van der Waals surface area contributed by atoms with Gasteiger partial charge >= 0.3 is 0 Å². The minimum absolute atomic E-state index is 0.119. The van der Waals surface area contributed by atoms with Gasteiger partial charge in [0.05, 0.1) is 15.9 Å². The van der Waals surface area contributed by atoms with Crippen molar-refractivity contribution in [1.82, 2.24) is 14.8 Å². The first kappa shape index (κ1) is 17.4. The second-order valence-electron chi connectivity index (χ2n) is 6.73. The van der Waals surface area contributed by atoms with Crippen LogP contribution in [0.3, 0.4) is 0 Å². The molecule has 0 bridgehead atoms. The van der Waals surface area contributed by atoms with Gasteiger partial charge in [-0.05, 0) is 51.1 Å². The third kappa shape index (κ3) is 3.48. The Kier molecular flexibility index (Phi) is 4.49. The topological polar surface area (TPSA) is 59.8 Å². The Bertz CT molecular complexity index is 1090. The van der Waals surface area contributed by atoms with Crippen LogP contribution < -0.4 is 5.32 Å². The molecule has 4 rings (SSSR count). The summed E-state index contributed by atoms with van der Waals surface area (Å²) in [5, 5.41) is 8.34. The highest BCUT2D eigenvalue weighted by Gasteiger charge is 2.16. The minimum Gasteiger partial charge on any atom is -0.321 e. The van der Waals surface area contributed by atoms with Crippen molar-refractivity contribution in [3.63, 3.8) is 0 Å². The molecule has 0 aliphatic rings. The van der Waals surface area contributed by atoms with Gasteiger partial charge in [0.25, 0.3) is 5.91 Å². The summed E-state index contributed by atoms with van der Waals surface area (Å²) in [7, 11) is 0. The maximum absolute atomic E-state index is 12.8. The van der Waals surface area contributed by atoms with Gasteiger partial charge in [-0.1, -0.05) is 24.3 Å². The molecule has 0 saturated heterocycles. The van der Waals surface area contributed by atoms with E-state index in [4.69, 9.17) is 4.98 Å². The van der Waals surface area contributed by atoms with Gasteiger partial charge in [0, 0.05) is 17.3 Å². The standard InChI is InChI=1S/C21H20N4OS/c1-13(2)25-18(11-14(3)24-25)20(26)22-16-8-6-7-15(12-16)21-23-17-9-4-5-10-19(17)27-21/h4-13H,1-3H3,(H,22,26). The number of hydrogen-bond donors (Lipinski definition) is 1. The van der Waals surface area contributed by atoms with Crippen LogP contribution in [0.4, 0.5) is 5.69 Å². The number of benzene rings is 2. The molecule has 0 aliphatic heterocycles. The fraction of sp³-hybridized carbons (Fsp3) is 0.190. The number of carbonyl (C=O) groups excluding carboxylic acids is 1. The zero-order valence-electron chi connectivity index (χ0n) is 15.4. The zero-order chi connectivity index (χ0) is 19.0. The third-order valence-electron chi connectivity index (χ3n) is 4.24. The Morgan fingerprint density at radius 3 is 2.70 bits per heavy atom. The van der Waals surface area contributed by atoms with Gasteiger partial charge < -0.3 is 5.32 Å². The highest BCUT2D eigenvalue weighted by Crippen LogP contribution is 2.31. The number of thiazole rings is 1. The molecule has 0 saturated carbocycles. The lowest BCUT2D eigenvalue weighted by molar-refractivity contribution is 0.101. The average Bonchev–Trinajstić information content (AvgIpc) is 3.25. The van der Waals surface area contributed by atoms with Crippen LogP contribution in [-0.4, -0.2) is 20.7 Å². The van der Waals surface area contributed by atoms with Gasteiger partial charge in [0.15, 0.2) is 0 Å². The fourth-order valence-corrected chi connectivity index (χ4v) is 3.96. The third-order valence-corrected chi connectivity index (χ3v) is 5.33. The van der Waals surface area contributed by atoms with Gasteiger partial charge in [-0.3, -0.25) is 9.48 Å². The smallest absolute Gasteiger partial charge is 0.273 e. The number of hydrogen-bond acceptors (Lipinski definition) is 4. The maximum Gasteiger partial charge on any atom is 0.273 e. The van der Waals surface area contributed by atoms with Gasteiger partial charge in [-0.25, -0.2) is 4.98 Å². The zero-order valence-corrected chi connectivity index (χ0v) is 16.2. The molecular weight excluding hydrogens is 356 g/mol. The van der Waals surface area contributed by atoms with Crippen molar-refractivity contribution in [2.24, 2.45) is 0 Å².